The average molecular weight is 213 g/mol. The molecule has 0 aromatic carbocycles. The minimum absolute atomic E-state index is 0.00870. The number of ketones is 1. The van der Waals surface area contributed by atoms with Crippen LogP contribution in [-0.4, -0.2) is 42.9 Å². The maximum Gasteiger partial charge on any atom is 0.248 e. The number of likely N-dealkylation sites (N-methyl/N-ethyl adjacent to an activating group) is 1. The number of ether oxygens (including phenoxy) is 1. The number of hydrogen-bond acceptors (Lipinski definition) is 3. The van der Waals surface area contributed by atoms with Crippen LogP contribution in [0.2, 0.25) is 0 Å². The van der Waals surface area contributed by atoms with Gasteiger partial charge in [0.2, 0.25) is 5.91 Å². The zero-order valence-corrected chi connectivity index (χ0v) is 9.49. The van der Waals surface area contributed by atoms with Gasteiger partial charge in [-0.05, 0) is 19.8 Å². The molecule has 4 heteroatoms. The van der Waals surface area contributed by atoms with E-state index in [0.29, 0.717) is 25.2 Å². The van der Waals surface area contributed by atoms with Crippen LogP contribution in [0.5, 0.6) is 0 Å². The second-order valence-electron chi connectivity index (χ2n) is 3.96. The van der Waals surface area contributed by atoms with Crippen LogP contribution < -0.4 is 0 Å². The number of rotatable bonds is 4. The normalized spacial score (nSPS) is 17.9. The molecule has 0 bridgehead atoms. The Morgan fingerprint density at radius 1 is 1.47 bits per heavy atom. The molecule has 4 nitrogen and oxygen atoms in total. The number of amides is 1. The monoisotopic (exact) mass is 213 g/mol. The van der Waals surface area contributed by atoms with E-state index in [1.165, 1.54) is 0 Å². The molecule has 0 atom stereocenters. The van der Waals surface area contributed by atoms with Gasteiger partial charge in [-0.2, -0.15) is 0 Å². The van der Waals surface area contributed by atoms with E-state index in [9.17, 15) is 9.59 Å². The van der Waals surface area contributed by atoms with Crippen molar-refractivity contribution in [3.63, 3.8) is 0 Å². The van der Waals surface area contributed by atoms with Crippen LogP contribution >= 0.6 is 0 Å². The lowest BCUT2D eigenvalue weighted by atomic mass is 9.96. The first-order chi connectivity index (χ1) is 7.13. The van der Waals surface area contributed by atoms with Crippen molar-refractivity contribution in [1.29, 1.82) is 0 Å². The van der Waals surface area contributed by atoms with Crippen LogP contribution in [0, 0.1) is 0 Å². The maximum absolute atomic E-state index is 11.4. The van der Waals surface area contributed by atoms with Gasteiger partial charge in [0.15, 0.2) is 0 Å². The van der Waals surface area contributed by atoms with Crippen LogP contribution in [-0.2, 0) is 14.3 Å². The summed E-state index contributed by atoms with van der Waals surface area (Å²) >= 11 is 0. The Kier molecular flexibility index (Phi) is 4.75. The number of hydrogen-bond donors (Lipinski definition) is 0. The van der Waals surface area contributed by atoms with E-state index in [1.54, 1.807) is 11.9 Å². The summed E-state index contributed by atoms with van der Waals surface area (Å²) < 4.78 is 5.47. The Morgan fingerprint density at radius 3 is 2.60 bits per heavy atom. The van der Waals surface area contributed by atoms with E-state index in [4.69, 9.17) is 4.74 Å². The van der Waals surface area contributed by atoms with Gasteiger partial charge in [-0.1, -0.05) is 0 Å². The molecule has 0 saturated heterocycles. The lowest BCUT2D eigenvalue weighted by Crippen LogP contribution is -2.32. The Balaban J connectivity index is 2.20. The van der Waals surface area contributed by atoms with Gasteiger partial charge in [0, 0.05) is 26.4 Å². The van der Waals surface area contributed by atoms with E-state index in [0.717, 1.165) is 12.8 Å². The second kappa shape index (κ2) is 5.85. The lowest BCUT2D eigenvalue weighted by molar-refractivity contribution is -0.138. The summed E-state index contributed by atoms with van der Waals surface area (Å²) in [4.78, 5) is 24.0. The molecule has 0 radical (unpaired) electrons. The van der Waals surface area contributed by atoms with Crippen LogP contribution in [0.15, 0.2) is 0 Å². The molecule has 0 aromatic rings. The van der Waals surface area contributed by atoms with Gasteiger partial charge in [-0.25, -0.2) is 0 Å². The molecule has 15 heavy (non-hydrogen) atoms. The van der Waals surface area contributed by atoms with Crippen LogP contribution in [0.4, 0.5) is 0 Å². The number of carbonyl (C=O) groups is 2. The molecular formula is C11H19NO3. The van der Waals surface area contributed by atoms with Crippen molar-refractivity contribution >= 4 is 11.7 Å². The SMILES string of the molecule is CCN(C)C(=O)COC1CCC(=O)CC1. The van der Waals surface area contributed by atoms with Gasteiger partial charge in [0.25, 0.3) is 0 Å². The van der Waals surface area contributed by atoms with E-state index in [-0.39, 0.29) is 18.6 Å². The Morgan fingerprint density at radius 2 is 2.07 bits per heavy atom. The Bertz CT molecular complexity index is 230. The second-order valence-corrected chi connectivity index (χ2v) is 3.96. The van der Waals surface area contributed by atoms with E-state index >= 15 is 0 Å². The largest absolute Gasteiger partial charge is 0.368 e. The average Bonchev–Trinajstić information content (AvgIpc) is 2.26. The lowest BCUT2D eigenvalue weighted by Gasteiger charge is -2.22. The zero-order valence-electron chi connectivity index (χ0n) is 9.49. The highest BCUT2D eigenvalue weighted by molar-refractivity contribution is 5.79. The van der Waals surface area contributed by atoms with Crippen molar-refractivity contribution in [2.45, 2.75) is 38.7 Å². The fourth-order valence-electron chi connectivity index (χ4n) is 1.56. The van der Waals surface area contributed by atoms with Crippen molar-refractivity contribution in [2.75, 3.05) is 20.2 Å². The summed E-state index contributed by atoms with van der Waals surface area (Å²) in [7, 11) is 1.76. The maximum atomic E-state index is 11.4. The Hall–Kier alpha value is -0.900. The van der Waals surface area contributed by atoms with Crippen molar-refractivity contribution in [3.8, 4) is 0 Å². The molecule has 1 fully saturated rings. The van der Waals surface area contributed by atoms with E-state index < -0.39 is 0 Å². The summed E-state index contributed by atoms with van der Waals surface area (Å²) in [5.41, 5.74) is 0. The molecular weight excluding hydrogens is 194 g/mol. The summed E-state index contributed by atoms with van der Waals surface area (Å²) in [6.45, 7) is 2.77. The first-order valence-corrected chi connectivity index (χ1v) is 5.50. The van der Waals surface area contributed by atoms with Crippen LogP contribution in [0.3, 0.4) is 0 Å². The highest BCUT2D eigenvalue weighted by Crippen LogP contribution is 2.17. The molecule has 1 saturated carbocycles. The molecule has 1 rings (SSSR count). The van der Waals surface area contributed by atoms with Crippen molar-refractivity contribution in [1.82, 2.24) is 4.90 Å². The fraction of sp³-hybridized carbons (Fsp3) is 0.818. The molecule has 1 aliphatic carbocycles. The summed E-state index contributed by atoms with van der Waals surface area (Å²) in [5.74, 6) is 0.321. The summed E-state index contributed by atoms with van der Waals surface area (Å²) in [6, 6.07) is 0. The topological polar surface area (TPSA) is 46.6 Å². The van der Waals surface area contributed by atoms with Crippen LogP contribution in [0.1, 0.15) is 32.6 Å². The molecule has 0 unspecified atom stereocenters. The van der Waals surface area contributed by atoms with Gasteiger partial charge in [0.05, 0.1) is 6.10 Å². The summed E-state index contributed by atoms with van der Waals surface area (Å²) in [5, 5.41) is 0. The molecule has 0 spiro atoms. The van der Waals surface area contributed by atoms with E-state index in [2.05, 4.69) is 0 Å². The van der Waals surface area contributed by atoms with E-state index in [1.807, 2.05) is 6.92 Å². The minimum atomic E-state index is 0.00870. The smallest absolute Gasteiger partial charge is 0.248 e. The molecule has 0 heterocycles. The quantitative estimate of drug-likeness (QED) is 0.699. The third-order valence-corrected chi connectivity index (χ3v) is 2.83. The number of nitrogens with zero attached hydrogens (tertiary/aromatic N) is 1. The molecule has 0 aliphatic heterocycles. The van der Waals surface area contributed by atoms with Gasteiger partial charge in [-0.15, -0.1) is 0 Å². The highest BCUT2D eigenvalue weighted by Gasteiger charge is 2.20. The molecule has 1 amide bonds. The van der Waals surface area contributed by atoms with Gasteiger partial charge in [0.1, 0.15) is 12.4 Å². The Labute approximate surface area is 90.6 Å². The standard InChI is InChI=1S/C11H19NO3/c1-3-12(2)11(14)8-15-10-6-4-9(13)5-7-10/h10H,3-8H2,1-2H3. The van der Waals surface area contributed by atoms with Crippen LogP contribution in [0.25, 0.3) is 0 Å². The number of Topliss-reactive ketones (excluding diaryl/α,β-unsaturated/α-hetero) is 1. The summed E-state index contributed by atoms with van der Waals surface area (Å²) in [6.07, 6.45) is 2.83. The molecule has 1 aliphatic rings. The predicted octanol–water partition coefficient (Wildman–Crippen LogP) is 0.993. The van der Waals surface area contributed by atoms with Gasteiger partial charge >= 0.3 is 0 Å². The number of carbonyl (C=O) groups excluding carboxylic acids is 2. The van der Waals surface area contributed by atoms with Crippen molar-refractivity contribution in [2.24, 2.45) is 0 Å². The van der Waals surface area contributed by atoms with Crippen molar-refractivity contribution in [3.05, 3.63) is 0 Å². The third kappa shape index (κ3) is 4.00. The first kappa shape index (κ1) is 12.2. The van der Waals surface area contributed by atoms with Gasteiger partial charge in [-0.3, -0.25) is 9.59 Å². The first-order valence-electron chi connectivity index (χ1n) is 5.50. The predicted molar refractivity (Wildman–Crippen MR) is 56.5 cm³/mol. The van der Waals surface area contributed by atoms with Gasteiger partial charge < -0.3 is 9.64 Å². The minimum Gasteiger partial charge on any atom is -0.368 e. The fourth-order valence-corrected chi connectivity index (χ4v) is 1.56. The van der Waals surface area contributed by atoms with Crippen molar-refractivity contribution < 1.29 is 14.3 Å². The highest BCUT2D eigenvalue weighted by atomic mass is 16.5. The zero-order chi connectivity index (χ0) is 11.3. The third-order valence-electron chi connectivity index (χ3n) is 2.83. The molecule has 0 N–H and O–H groups in total. The molecule has 86 valence electrons. The molecule has 0 aromatic heterocycles.